The maximum atomic E-state index is 4.49. The second-order valence-electron chi connectivity index (χ2n) is 5.62. The van der Waals surface area contributed by atoms with Crippen molar-refractivity contribution in [2.24, 2.45) is 15.3 Å². The molecular weight excluding hydrogens is 308 g/mol. The number of para-hydroxylation sites is 1. The number of hydrogen-bond acceptors (Lipinski definition) is 3. The Morgan fingerprint density at radius 1 is 0.760 bits per heavy atom. The normalized spacial score (nSPS) is 12.9. The van der Waals surface area contributed by atoms with E-state index in [4.69, 9.17) is 0 Å². The van der Waals surface area contributed by atoms with E-state index in [1.54, 1.807) is 0 Å². The van der Waals surface area contributed by atoms with E-state index in [1.807, 2.05) is 78.9 Å². The van der Waals surface area contributed by atoms with Crippen LogP contribution in [0.4, 0.5) is 11.4 Å². The predicted molar refractivity (Wildman–Crippen MR) is 103 cm³/mol. The smallest absolute Gasteiger partial charge is 0.178 e. The molecule has 4 heteroatoms. The van der Waals surface area contributed by atoms with Crippen molar-refractivity contribution in [3.8, 4) is 0 Å². The van der Waals surface area contributed by atoms with Crippen molar-refractivity contribution < 1.29 is 0 Å². The van der Waals surface area contributed by atoms with Crippen molar-refractivity contribution >= 4 is 17.2 Å². The van der Waals surface area contributed by atoms with Gasteiger partial charge in [-0.1, -0.05) is 73.7 Å². The minimum atomic E-state index is 0.0184. The molecule has 0 aromatic heterocycles. The van der Waals surface area contributed by atoms with Crippen LogP contribution in [0, 0.1) is 0 Å². The van der Waals surface area contributed by atoms with Crippen molar-refractivity contribution in [2.45, 2.75) is 12.8 Å². The zero-order valence-electron chi connectivity index (χ0n) is 14.1. The van der Waals surface area contributed by atoms with Crippen LogP contribution in [-0.2, 0) is 0 Å². The van der Waals surface area contributed by atoms with Gasteiger partial charge < -0.3 is 0 Å². The molecule has 124 valence electrons. The summed E-state index contributed by atoms with van der Waals surface area (Å²) in [6, 6.07) is 29.7. The van der Waals surface area contributed by atoms with Crippen molar-refractivity contribution in [1.29, 1.82) is 0 Å². The van der Waals surface area contributed by atoms with Crippen LogP contribution < -0.4 is 5.43 Å². The Morgan fingerprint density at radius 2 is 1.32 bits per heavy atom. The molecule has 3 aromatic carbocycles. The van der Waals surface area contributed by atoms with E-state index in [0.29, 0.717) is 5.84 Å². The molecule has 0 amide bonds. The molecule has 1 unspecified atom stereocenters. The average Bonchev–Trinajstić information content (AvgIpc) is 2.70. The van der Waals surface area contributed by atoms with E-state index in [0.717, 1.165) is 16.9 Å². The number of amidine groups is 1. The van der Waals surface area contributed by atoms with E-state index in [9.17, 15) is 0 Å². The summed E-state index contributed by atoms with van der Waals surface area (Å²) >= 11 is 0. The van der Waals surface area contributed by atoms with E-state index in [1.165, 1.54) is 0 Å². The van der Waals surface area contributed by atoms with E-state index in [-0.39, 0.29) is 5.92 Å². The Morgan fingerprint density at radius 3 is 1.96 bits per heavy atom. The van der Waals surface area contributed by atoms with Gasteiger partial charge in [0.15, 0.2) is 5.84 Å². The van der Waals surface area contributed by atoms with Gasteiger partial charge >= 0.3 is 0 Å². The van der Waals surface area contributed by atoms with Crippen LogP contribution in [0.5, 0.6) is 0 Å². The molecule has 0 saturated heterocycles. The van der Waals surface area contributed by atoms with Gasteiger partial charge in [0.2, 0.25) is 0 Å². The molecule has 3 aromatic rings. The van der Waals surface area contributed by atoms with Crippen LogP contribution in [0.2, 0.25) is 0 Å². The molecule has 0 aliphatic rings. The highest BCUT2D eigenvalue weighted by Crippen LogP contribution is 2.20. The summed E-state index contributed by atoms with van der Waals surface area (Å²) in [4.78, 5) is 0. The number of hydrogen-bond donors (Lipinski definition) is 1. The summed E-state index contributed by atoms with van der Waals surface area (Å²) in [5, 5.41) is 13.2. The van der Waals surface area contributed by atoms with E-state index in [2.05, 4.69) is 39.8 Å². The first-order valence-electron chi connectivity index (χ1n) is 8.23. The molecule has 0 heterocycles. The van der Waals surface area contributed by atoms with Gasteiger partial charge in [-0.15, -0.1) is 10.2 Å². The summed E-state index contributed by atoms with van der Waals surface area (Å²) in [5.74, 6) is 0.642. The van der Waals surface area contributed by atoms with Gasteiger partial charge in [0, 0.05) is 5.92 Å². The van der Waals surface area contributed by atoms with Gasteiger partial charge in [-0.3, -0.25) is 5.43 Å². The third kappa shape index (κ3) is 4.85. The minimum absolute atomic E-state index is 0.0184. The first kappa shape index (κ1) is 16.6. The number of nitrogens with one attached hydrogen (secondary N) is 1. The predicted octanol–water partition coefficient (Wildman–Crippen LogP) is 6.00. The van der Waals surface area contributed by atoms with Gasteiger partial charge in [0.25, 0.3) is 0 Å². The zero-order chi connectivity index (χ0) is 17.3. The first-order valence-corrected chi connectivity index (χ1v) is 8.23. The van der Waals surface area contributed by atoms with Crippen LogP contribution in [-0.4, -0.2) is 5.84 Å². The third-order valence-electron chi connectivity index (χ3n) is 3.78. The number of benzene rings is 3. The fourth-order valence-electron chi connectivity index (χ4n) is 2.33. The van der Waals surface area contributed by atoms with Crippen molar-refractivity contribution in [3.05, 3.63) is 96.6 Å². The van der Waals surface area contributed by atoms with Crippen molar-refractivity contribution in [1.82, 2.24) is 0 Å². The fourth-order valence-corrected chi connectivity index (χ4v) is 2.33. The summed E-state index contributed by atoms with van der Waals surface area (Å²) in [7, 11) is 0. The lowest BCUT2D eigenvalue weighted by atomic mass is 10.0. The molecule has 1 atom stereocenters. The van der Waals surface area contributed by atoms with Gasteiger partial charge in [-0.05, 0) is 29.8 Å². The Kier molecular flexibility index (Phi) is 5.67. The van der Waals surface area contributed by atoms with Gasteiger partial charge in [0.05, 0.1) is 11.4 Å². The Labute approximate surface area is 148 Å². The lowest BCUT2D eigenvalue weighted by Crippen LogP contribution is -2.09. The minimum Gasteiger partial charge on any atom is -0.277 e. The maximum Gasteiger partial charge on any atom is 0.178 e. The summed E-state index contributed by atoms with van der Waals surface area (Å²) in [6.07, 6.45) is 0. The Balaban J connectivity index is 1.86. The highest BCUT2D eigenvalue weighted by molar-refractivity contribution is 5.89. The molecule has 0 bridgehead atoms. The van der Waals surface area contributed by atoms with Crippen LogP contribution in [0.15, 0.2) is 106 Å². The van der Waals surface area contributed by atoms with Crippen LogP contribution in [0.3, 0.4) is 0 Å². The number of hydrazone groups is 1. The Bertz CT molecular complexity index is 828. The topological polar surface area (TPSA) is 49.1 Å². The molecule has 25 heavy (non-hydrogen) atoms. The van der Waals surface area contributed by atoms with Gasteiger partial charge in [-0.2, -0.15) is 5.10 Å². The first-order chi connectivity index (χ1) is 12.3. The van der Waals surface area contributed by atoms with Crippen LogP contribution in [0.25, 0.3) is 0 Å². The number of azo groups is 1. The average molecular weight is 328 g/mol. The Hall–Kier alpha value is -3.27. The number of nitrogens with zero attached hydrogens (tertiary/aromatic N) is 3. The molecule has 0 aliphatic carbocycles. The molecule has 0 aliphatic heterocycles. The molecule has 4 nitrogen and oxygen atoms in total. The maximum absolute atomic E-state index is 4.49. The molecule has 0 spiro atoms. The highest BCUT2D eigenvalue weighted by Gasteiger charge is 2.13. The SMILES string of the molecule is CC(C(N=Nc1ccccc1)=NNc1ccccc1)c1ccccc1. The largest absolute Gasteiger partial charge is 0.277 e. The molecule has 0 fully saturated rings. The van der Waals surface area contributed by atoms with Crippen molar-refractivity contribution in [2.75, 3.05) is 5.43 Å². The van der Waals surface area contributed by atoms with Gasteiger partial charge in [0.1, 0.15) is 0 Å². The standard InChI is InChI=1S/C21H20N4/c1-17(18-11-5-2-6-12-18)21(24-22-19-13-7-3-8-14-19)25-23-20-15-9-4-10-16-20/h2-17,22H,1H3. The molecule has 3 rings (SSSR count). The third-order valence-corrected chi connectivity index (χ3v) is 3.78. The van der Waals surface area contributed by atoms with Crippen LogP contribution in [0.1, 0.15) is 18.4 Å². The molecule has 0 radical (unpaired) electrons. The van der Waals surface area contributed by atoms with Gasteiger partial charge in [-0.25, -0.2) is 0 Å². The molecule has 1 N–H and O–H groups in total. The van der Waals surface area contributed by atoms with E-state index >= 15 is 0 Å². The second-order valence-corrected chi connectivity index (χ2v) is 5.62. The number of rotatable bonds is 5. The van der Waals surface area contributed by atoms with Crippen molar-refractivity contribution in [3.63, 3.8) is 0 Å². The number of anilines is 1. The summed E-state index contributed by atoms with van der Waals surface area (Å²) in [5.41, 5.74) is 5.92. The highest BCUT2D eigenvalue weighted by atomic mass is 15.3. The quantitative estimate of drug-likeness (QED) is 0.265. The zero-order valence-corrected chi connectivity index (χ0v) is 14.1. The monoisotopic (exact) mass is 328 g/mol. The van der Waals surface area contributed by atoms with Crippen LogP contribution >= 0.6 is 0 Å². The second kappa shape index (κ2) is 8.55. The summed E-state index contributed by atoms with van der Waals surface area (Å²) in [6.45, 7) is 2.07. The molecule has 0 saturated carbocycles. The lowest BCUT2D eigenvalue weighted by Gasteiger charge is -2.11. The van der Waals surface area contributed by atoms with E-state index < -0.39 is 0 Å². The fraction of sp³-hybridized carbons (Fsp3) is 0.0952. The molecular formula is C21H20N4. The summed E-state index contributed by atoms with van der Waals surface area (Å²) < 4.78 is 0. The lowest BCUT2D eigenvalue weighted by molar-refractivity contribution is 0.977.